The van der Waals surface area contributed by atoms with Crippen molar-refractivity contribution in [3.63, 3.8) is 0 Å². The third kappa shape index (κ3) is 32.8. The fourth-order valence-electron chi connectivity index (χ4n) is 10.0. The third-order valence-corrected chi connectivity index (χ3v) is 15.7. The van der Waals surface area contributed by atoms with Gasteiger partial charge < -0.3 is 76.3 Å². The van der Waals surface area contributed by atoms with Gasteiger partial charge in [-0.15, -0.1) is 0 Å². The number of aliphatic imine (C=N–C) groups is 2. The van der Waals surface area contributed by atoms with Gasteiger partial charge in [0.1, 0.15) is 6.04 Å². The molecule has 0 radical (unpaired) electrons. The summed E-state index contributed by atoms with van der Waals surface area (Å²) < 4.78 is 0. The summed E-state index contributed by atoms with van der Waals surface area (Å²) in [7, 11) is 0. The van der Waals surface area contributed by atoms with Crippen molar-refractivity contribution in [2.75, 3.05) is 38.2 Å². The maximum Gasteiger partial charge on any atom is 0.305 e. The van der Waals surface area contributed by atoms with E-state index in [0.717, 1.165) is 0 Å². The number of carbonyl (C=O) groups excluding carboxylic acids is 10. The highest BCUT2D eigenvalue weighted by Crippen LogP contribution is 2.23. The van der Waals surface area contributed by atoms with Gasteiger partial charge in [0.05, 0.1) is 55.1 Å². The Labute approximate surface area is 527 Å². The van der Waals surface area contributed by atoms with E-state index in [1.807, 2.05) is 34.6 Å². The molecule has 0 saturated heterocycles. The van der Waals surface area contributed by atoms with Gasteiger partial charge in [0, 0.05) is 56.5 Å². The topological polar surface area (TPSA) is 489 Å². The number of carbonyl (C=O) groups is 11. The van der Waals surface area contributed by atoms with Gasteiger partial charge in [0.15, 0.2) is 35.1 Å². The summed E-state index contributed by atoms with van der Waals surface area (Å²) in [4.78, 5) is 159. The Balaban J connectivity index is 3.58. The predicted molar refractivity (Wildman–Crippen MR) is 341 cm³/mol. The second kappa shape index (κ2) is 43.6. The van der Waals surface area contributed by atoms with Crippen LogP contribution in [0.3, 0.4) is 0 Å². The maximum absolute atomic E-state index is 14.5. The minimum atomic E-state index is -1.81. The zero-order valence-corrected chi connectivity index (χ0v) is 53.9. The highest BCUT2D eigenvalue weighted by Gasteiger charge is 2.38. The number of nitrogens with two attached hydrogens (primary N) is 6. The zero-order valence-electron chi connectivity index (χ0n) is 53.0. The molecule has 0 saturated carbocycles. The molecule has 0 aliphatic carbocycles. The molecule has 0 bridgehead atoms. The number of guanidine groups is 2. The number of nitrogens with one attached hydrogen (secondary N) is 5. The molecule has 0 spiro atoms. The van der Waals surface area contributed by atoms with Gasteiger partial charge in [-0.05, 0) is 114 Å². The van der Waals surface area contributed by atoms with Crippen LogP contribution in [0.1, 0.15) is 150 Å². The van der Waals surface area contributed by atoms with Crippen LogP contribution in [0.15, 0.2) is 40.3 Å². The van der Waals surface area contributed by atoms with Crippen LogP contribution in [-0.4, -0.2) is 166 Å². The molecule has 0 fully saturated rings. The van der Waals surface area contributed by atoms with E-state index in [9.17, 15) is 68.1 Å². The van der Waals surface area contributed by atoms with E-state index in [-0.39, 0.29) is 101 Å². The lowest BCUT2D eigenvalue weighted by atomic mass is 9.88. The molecular weight excluding hydrogens is 1170 g/mol. The minimum Gasteiger partial charge on any atom is -0.481 e. The SMILES string of the molecule is CC[C@@H](CC(C)C)C(=O)N[C@@H](CCCN=C(N)N)C(=O)C[C@@H](CO)C(=O)N[C@@H](CCSC)C(=O)C[C@H](C(=O)N[C@@H](CC(=O)O)C(=O)C[C@@H](CCCCN)C(=O)N[C@@H](Cc1ccccc1)C(=O)C[C@@H](CCCN=C(N)N)C(=O)N[C@@H](CC(C)C)C(N)=O)[C@@H](C)O. The van der Waals surface area contributed by atoms with Gasteiger partial charge in [-0.25, -0.2) is 0 Å². The molecule has 11 atom stereocenters. The number of aliphatic hydroxyl groups is 2. The first kappa shape index (κ1) is 80.0. The van der Waals surface area contributed by atoms with E-state index >= 15 is 0 Å². The van der Waals surface area contributed by atoms with Crippen molar-refractivity contribution < 1.29 is 68.1 Å². The lowest BCUT2D eigenvalue weighted by molar-refractivity contribution is -0.142. The normalized spacial score (nSPS) is 15.0. The van der Waals surface area contributed by atoms with Gasteiger partial charge in [0.25, 0.3) is 0 Å². The maximum atomic E-state index is 14.5. The fourth-order valence-corrected chi connectivity index (χ4v) is 10.5. The van der Waals surface area contributed by atoms with E-state index in [1.165, 1.54) is 18.7 Å². The quantitative estimate of drug-likeness (QED) is 0.0238. The molecule has 0 aliphatic heterocycles. The summed E-state index contributed by atoms with van der Waals surface area (Å²) in [5.74, 6) is -14.5. The number of amides is 6. The van der Waals surface area contributed by atoms with Crippen LogP contribution in [-0.2, 0) is 59.2 Å². The minimum absolute atomic E-state index is 0.00167. The lowest BCUT2D eigenvalue weighted by Gasteiger charge is -2.27. The van der Waals surface area contributed by atoms with E-state index in [4.69, 9.17) is 34.4 Å². The summed E-state index contributed by atoms with van der Waals surface area (Å²) in [6.45, 7) is 10.3. The number of thioether (sulfide) groups is 1. The van der Waals surface area contributed by atoms with Crippen LogP contribution in [0.2, 0.25) is 0 Å². The smallest absolute Gasteiger partial charge is 0.305 e. The van der Waals surface area contributed by atoms with Gasteiger partial charge >= 0.3 is 5.97 Å². The van der Waals surface area contributed by atoms with Crippen LogP contribution in [0.25, 0.3) is 0 Å². The number of Topliss-reactive ketones (excluding diaryl/α,β-unsaturated/α-hetero) is 4. The first-order chi connectivity index (χ1) is 42.0. The standard InChI is InChI=1S/C61H103N13O14S/c1-8-39(26-35(2)3)55(84)70-44(20-15-24-69-61(66)67)49(77)31-42(34-75)58(87)71-45(21-25-89-7)52(80)32-43(37(6)76)59(88)73-47(33-53(81)82)51(79)29-40(18-12-13-22-62)56(85)72-46(28-38-16-10-9-11-17-38)50(78)30-41(19-14-23-68-60(64)65)57(86)74-48(54(63)83)27-36(4)5/h9-11,16-17,35-37,39-48,75-76H,8,12-15,18-34,62H2,1-7H3,(H2,63,83)(H,70,84)(H,71,87)(H,72,85)(H,73,88)(H,74,86)(H,81,82)(H4,64,65,68)(H4,66,67,69)/t37-,39+,40-,41-,42+,43+,44+,45+,46+,47+,48+/m1/s1. The fraction of sp³-hybridized carbons (Fsp3) is 0.689. The van der Waals surface area contributed by atoms with Crippen LogP contribution < -0.4 is 61.0 Å². The zero-order chi connectivity index (χ0) is 67.3. The Hall–Kier alpha value is -7.04. The number of unbranched alkanes of at least 4 members (excludes halogenated alkanes) is 1. The molecule has 502 valence electrons. The monoisotopic (exact) mass is 1270 g/mol. The molecule has 20 N–H and O–H groups in total. The lowest BCUT2D eigenvalue weighted by Crippen LogP contribution is -2.51. The Morgan fingerprint density at radius 1 is 0.528 bits per heavy atom. The highest BCUT2D eigenvalue weighted by molar-refractivity contribution is 7.98. The number of benzene rings is 1. The van der Waals surface area contributed by atoms with Crippen LogP contribution >= 0.6 is 11.8 Å². The Morgan fingerprint density at radius 2 is 0.978 bits per heavy atom. The molecule has 28 heteroatoms. The summed E-state index contributed by atoms with van der Waals surface area (Å²) in [5, 5.41) is 44.7. The molecule has 0 unspecified atom stereocenters. The van der Waals surface area contributed by atoms with Crippen molar-refractivity contribution in [2.24, 2.45) is 85.8 Å². The molecule has 1 rings (SSSR count). The van der Waals surface area contributed by atoms with Gasteiger partial charge in [-0.1, -0.05) is 71.4 Å². The van der Waals surface area contributed by atoms with Crippen LogP contribution in [0.5, 0.6) is 0 Å². The molecule has 1 aromatic rings. The number of hydrogen-bond acceptors (Lipinski definition) is 17. The number of hydrogen-bond donors (Lipinski definition) is 14. The van der Waals surface area contributed by atoms with E-state index in [2.05, 4.69) is 36.6 Å². The largest absolute Gasteiger partial charge is 0.481 e. The second-order valence-corrected chi connectivity index (χ2v) is 24.6. The number of aliphatic carboxylic acids is 1. The molecular formula is C61H103N13O14S. The number of aliphatic hydroxyl groups excluding tert-OH is 2. The summed E-state index contributed by atoms with van der Waals surface area (Å²) in [6.07, 6.45) is -0.491. The molecule has 6 amide bonds. The first-order valence-corrected chi connectivity index (χ1v) is 32.1. The average molecular weight is 1270 g/mol. The Kier molecular flexibility index (Phi) is 39.2. The number of carboxylic acids is 1. The van der Waals surface area contributed by atoms with Crippen molar-refractivity contribution in [3.05, 3.63) is 35.9 Å². The molecule has 1 aromatic carbocycles. The number of carboxylic acid groups (broad SMARTS) is 1. The van der Waals surface area contributed by atoms with Gasteiger partial charge in [0.2, 0.25) is 35.4 Å². The molecule has 0 aromatic heterocycles. The number of rotatable bonds is 49. The van der Waals surface area contributed by atoms with Crippen molar-refractivity contribution in [3.8, 4) is 0 Å². The van der Waals surface area contributed by atoms with Crippen molar-refractivity contribution >= 4 is 88.2 Å². The molecule has 0 heterocycles. The second-order valence-electron chi connectivity index (χ2n) is 23.6. The Bertz CT molecular complexity index is 2490. The number of ketones is 4. The summed E-state index contributed by atoms with van der Waals surface area (Å²) in [5.41, 5.74) is 34.0. The van der Waals surface area contributed by atoms with Gasteiger partial charge in [-0.2, -0.15) is 11.8 Å². The van der Waals surface area contributed by atoms with E-state index in [1.54, 1.807) is 36.6 Å². The molecule has 0 aliphatic rings. The average Bonchev–Trinajstić information content (AvgIpc) is 2.46. The number of nitrogens with zero attached hydrogens (tertiary/aromatic N) is 2. The van der Waals surface area contributed by atoms with E-state index in [0.29, 0.717) is 37.0 Å². The van der Waals surface area contributed by atoms with Crippen molar-refractivity contribution in [1.82, 2.24) is 26.6 Å². The third-order valence-electron chi connectivity index (χ3n) is 15.1. The van der Waals surface area contributed by atoms with Crippen LogP contribution in [0.4, 0.5) is 0 Å². The molecule has 27 nitrogen and oxygen atoms in total. The van der Waals surface area contributed by atoms with Crippen molar-refractivity contribution in [2.45, 2.75) is 187 Å². The Morgan fingerprint density at radius 3 is 1.46 bits per heavy atom. The first-order valence-electron chi connectivity index (χ1n) is 30.7. The number of primary amides is 1. The van der Waals surface area contributed by atoms with Crippen LogP contribution in [0, 0.1) is 41.4 Å². The van der Waals surface area contributed by atoms with E-state index < -0.39 is 163 Å². The van der Waals surface area contributed by atoms with Crippen molar-refractivity contribution in [1.29, 1.82) is 0 Å². The van der Waals surface area contributed by atoms with Gasteiger partial charge in [-0.3, -0.25) is 62.7 Å². The highest BCUT2D eigenvalue weighted by atomic mass is 32.2. The summed E-state index contributed by atoms with van der Waals surface area (Å²) in [6, 6.07) is 2.11. The molecule has 89 heavy (non-hydrogen) atoms. The predicted octanol–water partition coefficient (Wildman–Crippen LogP) is 0.395. The summed E-state index contributed by atoms with van der Waals surface area (Å²) >= 11 is 1.32.